The molecule has 10 heteroatoms. The van der Waals surface area contributed by atoms with Crippen molar-refractivity contribution in [2.24, 2.45) is 0 Å². The van der Waals surface area contributed by atoms with Crippen LogP contribution in [0, 0.1) is 17.0 Å². The van der Waals surface area contributed by atoms with Gasteiger partial charge in [0.1, 0.15) is 0 Å². The zero-order valence-electron chi connectivity index (χ0n) is 13.4. The Hall–Kier alpha value is -2.65. The molecule has 2 aromatic heterocycles. The van der Waals surface area contributed by atoms with Crippen LogP contribution in [0.5, 0.6) is 0 Å². The minimum Gasteiger partial charge on any atom is -0.349 e. The molecule has 2 aromatic rings. The van der Waals surface area contributed by atoms with Gasteiger partial charge < -0.3 is 4.90 Å². The number of piperidine rings is 1. The van der Waals surface area contributed by atoms with E-state index in [0.29, 0.717) is 31.5 Å². The van der Waals surface area contributed by atoms with Gasteiger partial charge in [-0.1, -0.05) is 0 Å². The maximum atomic E-state index is 12.7. The first kappa shape index (κ1) is 17.2. The molecule has 0 amide bonds. The van der Waals surface area contributed by atoms with Gasteiger partial charge in [-0.15, -0.1) is 0 Å². The molecule has 25 heavy (non-hydrogen) atoms. The Morgan fingerprint density at radius 1 is 1.36 bits per heavy atom. The molecule has 0 spiro atoms. The number of halogens is 3. The van der Waals surface area contributed by atoms with Crippen molar-refractivity contribution in [1.82, 2.24) is 14.8 Å². The number of nitro groups is 1. The highest BCUT2D eigenvalue weighted by atomic mass is 19.4. The van der Waals surface area contributed by atoms with Crippen LogP contribution in [0.15, 0.2) is 24.5 Å². The molecule has 1 aliphatic rings. The lowest BCUT2D eigenvalue weighted by Crippen LogP contribution is -2.37. The molecule has 0 aliphatic carbocycles. The fourth-order valence-electron chi connectivity index (χ4n) is 3.05. The number of anilines is 1. The Morgan fingerprint density at radius 2 is 2.12 bits per heavy atom. The highest BCUT2D eigenvalue weighted by Gasteiger charge is 2.35. The smallest absolute Gasteiger partial charge is 0.349 e. The van der Waals surface area contributed by atoms with Crippen molar-refractivity contribution >= 4 is 11.5 Å². The van der Waals surface area contributed by atoms with E-state index in [9.17, 15) is 23.3 Å². The van der Waals surface area contributed by atoms with Crippen LogP contribution in [0.2, 0.25) is 0 Å². The third-order valence-electron chi connectivity index (χ3n) is 4.26. The van der Waals surface area contributed by atoms with Gasteiger partial charge in [0.05, 0.1) is 11.0 Å². The largest absolute Gasteiger partial charge is 0.435 e. The molecule has 1 unspecified atom stereocenters. The second kappa shape index (κ2) is 6.34. The molecule has 3 rings (SSSR count). The Kier molecular flexibility index (Phi) is 4.36. The average Bonchev–Trinajstić information content (AvgIpc) is 3.04. The van der Waals surface area contributed by atoms with Gasteiger partial charge in [-0.3, -0.25) is 14.8 Å². The lowest BCUT2D eigenvalue weighted by Gasteiger charge is -2.33. The first-order valence-corrected chi connectivity index (χ1v) is 7.74. The molecule has 1 aliphatic heterocycles. The summed E-state index contributed by atoms with van der Waals surface area (Å²) in [5, 5.41) is 15.0. The number of alkyl halides is 3. The summed E-state index contributed by atoms with van der Waals surface area (Å²) in [6.07, 6.45) is -0.365. The summed E-state index contributed by atoms with van der Waals surface area (Å²) in [7, 11) is 0. The zero-order valence-corrected chi connectivity index (χ0v) is 13.4. The number of hydrogen-bond acceptors (Lipinski definition) is 5. The standard InChI is InChI=1S/C15H16F3N5O2/c1-10-4-6-19-14(13(10)23(24)25)21-7-2-3-11(9-21)22-8-5-12(20-22)15(16,17)18/h4-6,8,11H,2-3,7,9H2,1H3. The predicted octanol–water partition coefficient (Wildman–Crippen LogP) is 3.36. The van der Waals surface area contributed by atoms with Gasteiger partial charge >= 0.3 is 11.9 Å². The van der Waals surface area contributed by atoms with Crippen LogP contribution < -0.4 is 4.90 Å². The van der Waals surface area contributed by atoms with Gasteiger partial charge in [0.25, 0.3) is 0 Å². The molecule has 0 N–H and O–H groups in total. The molecule has 0 bridgehead atoms. The third-order valence-corrected chi connectivity index (χ3v) is 4.26. The highest BCUT2D eigenvalue weighted by Crippen LogP contribution is 2.34. The molecule has 7 nitrogen and oxygen atoms in total. The van der Waals surface area contributed by atoms with Crippen LogP contribution in [0.4, 0.5) is 24.7 Å². The zero-order chi connectivity index (χ0) is 18.2. The monoisotopic (exact) mass is 355 g/mol. The fraction of sp³-hybridized carbons (Fsp3) is 0.467. The van der Waals surface area contributed by atoms with E-state index in [2.05, 4.69) is 10.1 Å². The molecule has 1 saturated heterocycles. The minimum absolute atomic E-state index is 0.0698. The minimum atomic E-state index is -4.49. The van der Waals surface area contributed by atoms with E-state index in [1.165, 1.54) is 17.1 Å². The third kappa shape index (κ3) is 3.42. The molecule has 0 aromatic carbocycles. The van der Waals surface area contributed by atoms with Crippen LogP contribution in [0.25, 0.3) is 0 Å². The van der Waals surface area contributed by atoms with Crippen molar-refractivity contribution in [2.45, 2.75) is 32.0 Å². The quantitative estimate of drug-likeness (QED) is 0.623. The summed E-state index contributed by atoms with van der Waals surface area (Å²) in [4.78, 5) is 16.7. The Balaban J connectivity index is 1.86. The summed E-state index contributed by atoms with van der Waals surface area (Å²) >= 11 is 0. The predicted molar refractivity (Wildman–Crippen MR) is 83.3 cm³/mol. The van der Waals surface area contributed by atoms with E-state index in [0.717, 1.165) is 6.07 Å². The lowest BCUT2D eigenvalue weighted by atomic mass is 10.1. The van der Waals surface area contributed by atoms with Gasteiger partial charge in [-0.05, 0) is 31.9 Å². The summed E-state index contributed by atoms with van der Waals surface area (Å²) in [6, 6.07) is 2.20. The van der Waals surface area contributed by atoms with Crippen LogP contribution in [0.1, 0.15) is 30.1 Å². The average molecular weight is 355 g/mol. The molecule has 0 saturated carbocycles. The number of nitrogens with zero attached hydrogens (tertiary/aromatic N) is 5. The Labute approximate surface area is 141 Å². The van der Waals surface area contributed by atoms with E-state index in [1.807, 2.05) is 0 Å². The van der Waals surface area contributed by atoms with Gasteiger partial charge in [-0.25, -0.2) is 4.98 Å². The first-order valence-electron chi connectivity index (χ1n) is 7.74. The number of aromatic nitrogens is 3. The van der Waals surface area contributed by atoms with Gasteiger partial charge in [0.15, 0.2) is 5.69 Å². The van der Waals surface area contributed by atoms with E-state index < -0.39 is 16.8 Å². The molecule has 134 valence electrons. The maximum Gasteiger partial charge on any atom is 0.435 e. The van der Waals surface area contributed by atoms with Gasteiger partial charge in [0.2, 0.25) is 5.82 Å². The van der Waals surface area contributed by atoms with Gasteiger partial charge in [-0.2, -0.15) is 18.3 Å². The van der Waals surface area contributed by atoms with Crippen LogP contribution in [-0.2, 0) is 6.18 Å². The molecule has 1 atom stereocenters. The topological polar surface area (TPSA) is 77.1 Å². The summed E-state index contributed by atoms with van der Waals surface area (Å²) in [5.41, 5.74) is -0.514. The summed E-state index contributed by atoms with van der Waals surface area (Å²) < 4.78 is 39.5. The summed E-state index contributed by atoms with van der Waals surface area (Å²) in [6.45, 7) is 2.51. The van der Waals surface area contributed by atoms with Crippen LogP contribution in [-0.4, -0.2) is 32.8 Å². The normalized spacial score (nSPS) is 18.4. The Morgan fingerprint density at radius 3 is 2.76 bits per heavy atom. The number of pyridine rings is 1. The second-order valence-electron chi connectivity index (χ2n) is 5.98. The van der Waals surface area contributed by atoms with Crippen molar-refractivity contribution in [3.63, 3.8) is 0 Å². The van der Waals surface area contributed by atoms with E-state index in [4.69, 9.17) is 0 Å². The number of hydrogen-bond donors (Lipinski definition) is 0. The molecule has 3 heterocycles. The SMILES string of the molecule is Cc1ccnc(N2CCCC(n3ccc(C(F)(F)F)n3)C2)c1[N+](=O)[O-]. The van der Waals surface area contributed by atoms with Crippen molar-refractivity contribution in [3.05, 3.63) is 45.9 Å². The second-order valence-corrected chi connectivity index (χ2v) is 5.98. The highest BCUT2D eigenvalue weighted by molar-refractivity contribution is 5.61. The lowest BCUT2D eigenvalue weighted by molar-refractivity contribution is -0.384. The van der Waals surface area contributed by atoms with Crippen molar-refractivity contribution in [3.8, 4) is 0 Å². The molecular weight excluding hydrogens is 339 g/mol. The molecule has 1 fully saturated rings. The Bertz CT molecular complexity index is 790. The van der Waals surface area contributed by atoms with Crippen molar-refractivity contribution in [2.75, 3.05) is 18.0 Å². The van der Waals surface area contributed by atoms with E-state index >= 15 is 0 Å². The summed E-state index contributed by atoms with van der Waals surface area (Å²) in [5.74, 6) is 0.248. The van der Waals surface area contributed by atoms with Gasteiger partial charge in [0, 0.05) is 31.0 Å². The fourth-order valence-corrected chi connectivity index (χ4v) is 3.05. The number of rotatable bonds is 3. The maximum absolute atomic E-state index is 12.7. The van der Waals surface area contributed by atoms with Crippen LogP contribution in [0.3, 0.4) is 0 Å². The van der Waals surface area contributed by atoms with Crippen molar-refractivity contribution in [1.29, 1.82) is 0 Å². The molecule has 0 radical (unpaired) electrons. The van der Waals surface area contributed by atoms with Crippen molar-refractivity contribution < 1.29 is 18.1 Å². The first-order chi connectivity index (χ1) is 11.8. The number of aryl methyl sites for hydroxylation is 1. The van der Waals surface area contributed by atoms with E-state index in [1.54, 1.807) is 17.9 Å². The molecular formula is C15H16F3N5O2. The van der Waals surface area contributed by atoms with Crippen LogP contribution >= 0.6 is 0 Å². The van der Waals surface area contributed by atoms with E-state index in [-0.39, 0.29) is 17.5 Å².